The van der Waals surface area contributed by atoms with Crippen molar-refractivity contribution >= 4 is 17.9 Å². The topological polar surface area (TPSA) is 210 Å². The summed E-state index contributed by atoms with van der Waals surface area (Å²) in [5.41, 5.74) is -10.1. The summed E-state index contributed by atoms with van der Waals surface area (Å²) in [5.74, 6) is -4.33. The number of hydrogen-bond donors (Lipinski definition) is 6. The smallest absolute Gasteiger partial charge is 0.374 e. The fraction of sp³-hybridized carbons (Fsp3) is 0.906. The summed E-state index contributed by atoms with van der Waals surface area (Å²) in [6.45, 7) is 18.8. The molecule has 2 fully saturated rings. The van der Waals surface area contributed by atoms with Crippen LogP contribution in [-0.2, 0) is 33.7 Å². The van der Waals surface area contributed by atoms with Crippen LogP contribution in [0.4, 0.5) is 0 Å². The van der Waals surface area contributed by atoms with E-state index in [0.29, 0.717) is 0 Å². The van der Waals surface area contributed by atoms with E-state index >= 15 is 0 Å². The number of piperidine rings is 2. The van der Waals surface area contributed by atoms with Crippen LogP contribution in [0.2, 0.25) is 0 Å². The molecule has 0 aliphatic carbocycles. The lowest BCUT2D eigenvalue weighted by atomic mass is 9.79. The van der Waals surface area contributed by atoms with Gasteiger partial charge in [0.25, 0.3) is 0 Å². The van der Waals surface area contributed by atoms with Crippen LogP contribution in [0, 0.1) is 0 Å². The van der Waals surface area contributed by atoms with E-state index in [1.807, 2.05) is 0 Å². The third kappa shape index (κ3) is 8.81. The van der Waals surface area contributed by atoms with E-state index in [4.69, 9.17) is 19.4 Å². The minimum atomic E-state index is -3.00. The molecule has 2 heterocycles. The number of aliphatic carboxylic acids is 1. The zero-order valence-corrected chi connectivity index (χ0v) is 30.2. The first-order chi connectivity index (χ1) is 20.8. The SMILES string of the molecule is CC(C)(O)CO[N+]1(OC(=O)CC(O)(CC(=O)O[N+]2(OCC(C)(C)O)C(C)(C)CC(O)CC2(C)C)C(=O)O)C(C)(C)CC(O)CC1(C)C. The maximum absolute atomic E-state index is 13.6. The summed E-state index contributed by atoms with van der Waals surface area (Å²) in [6.07, 6.45) is -3.44. The molecule has 15 nitrogen and oxygen atoms in total. The highest BCUT2D eigenvalue weighted by Crippen LogP contribution is 2.49. The number of carboxylic acids is 1. The molecule has 0 radical (unpaired) electrons. The molecule has 6 N–H and O–H groups in total. The molecule has 2 aliphatic heterocycles. The van der Waals surface area contributed by atoms with Gasteiger partial charge in [-0.25, -0.2) is 24.1 Å². The van der Waals surface area contributed by atoms with Crippen molar-refractivity contribution in [2.24, 2.45) is 0 Å². The first kappa shape index (κ1) is 41.2. The molecule has 2 rings (SSSR count). The molecule has 0 unspecified atom stereocenters. The maximum Gasteiger partial charge on any atom is 0.374 e. The largest absolute Gasteiger partial charge is 0.479 e. The van der Waals surface area contributed by atoms with Crippen LogP contribution in [0.5, 0.6) is 0 Å². The van der Waals surface area contributed by atoms with Crippen molar-refractivity contribution in [3.8, 4) is 0 Å². The monoisotopic (exact) mass is 680 g/mol. The lowest BCUT2D eigenvalue weighted by molar-refractivity contribution is -1.29. The number of hydroxylamine groups is 8. The molecule has 2 saturated heterocycles. The van der Waals surface area contributed by atoms with Gasteiger partial charge < -0.3 is 30.6 Å². The molecule has 47 heavy (non-hydrogen) atoms. The summed E-state index contributed by atoms with van der Waals surface area (Å²) in [7, 11) is 0. The number of carbonyl (C=O) groups excluding carboxylic acids is 2. The molecule has 0 amide bonds. The average molecular weight is 681 g/mol. The summed E-state index contributed by atoms with van der Waals surface area (Å²) >= 11 is 0. The van der Waals surface area contributed by atoms with Crippen LogP contribution in [-0.4, -0.2) is 123 Å². The predicted molar refractivity (Wildman–Crippen MR) is 166 cm³/mol. The van der Waals surface area contributed by atoms with Crippen LogP contribution in [0.15, 0.2) is 0 Å². The fourth-order valence-corrected chi connectivity index (χ4v) is 7.36. The number of carboxylic acid groups (broad SMARTS) is 1. The Kier molecular flexibility index (Phi) is 11.5. The summed E-state index contributed by atoms with van der Waals surface area (Å²) in [6, 6.07) is 0. The third-order valence-corrected chi connectivity index (χ3v) is 9.06. The Morgan fingerprint density at radius 1 is 0.617 bits per heavy atom. The van der Waals surface area contributed by atoms with Gasteiger partial charge in [-0.2, -0.15) is 9.68 Å². The maximum atomic E-state index is 13.6. The van der Waals surface area contributed by atoms with Crippen molar-refractivity contribution in [1.29, 1.82) is 0 Å². The van der Waals surface area contributed by atoms with Crippen LogP contribution < -0.4 is 0 Å². The van der Waals surface area contributed by atoms with Gasteiger partial charge in [0.2, 0.25) is 0 Å². The molecule has 0 bridgehead atoms. The second-order valence-corrected chi connectivity index (χ2v) is 17.3. The van der Waals surface area contributed by atoms with Gasteiger partial charge in [-0.05, 0) is 83.1 Å². The number of hydrogen-bond acceptors (Lipinski definition) is 12. The van der Waals surface area contributed by atoms with Crippen molar-refractivity contribution in [3.63, 3.8) is 0 Å². The van der Waals surface area contributed by atoms with Crippen molar-refractivity contribution in [2.75, 3.05) is 13.2 Å². The predicted octanol–water partition coefficient (Wildman–Crippen LogP) is 1.96. The van der Waals surface area contributed by atoms with Gasteiger partial charge >= 0.3 is 17.9 Å². The van der Waals surface area contributed by atoms with E-state index < -0.39 is 91.5 Å². The van der Waals surface area contributed by atoms with Crippen LogP contribution >= 0.6 is 0 Å². The molecule has 274 valence electrons. The van der Waals surface area contributed by atoms with Crippen LogP contribution in [0.3, 0.4) is 0 Å². The number of aliphatic hydroxyl groups excluding tert-OH is 2. The second kappa shape index (κ2) is 13.1. The molecule has 15 heteroatoms. The molecular weight excluding hydrogens is 620 g/mol. The standard InChI is InChI=1S/C32H59N2O13/c1-26(2)13-21(35)14-27(3,4)33(26,44-19-30(9,10)41)46-23(37)17-32(43,25(39)40)18-24(38)47-34(45-20-31(11,12)42)28(5,6)15-22(36)16-29(34,7)8/h21-22,35-36,41-43H,13-20H2,1-12H3/q+1/p+1. The summed E-state index contributed by atoms with van der Waals surface area (Å²) in [5, 5.41) is 63.5. The van der Waals surface area contributed by atoms with Gasteiger partial charge in [-0.15, -0.1) is 0 Å². The second-order valence-electron chi connectivity index (χ2n) is 17.3. The van der Waals surface area contributed by atoms with Gasteiger partial charge in [0.15, 0.2) is 27.8 Å². The molecule has 0 atom stereocenters. The average Bonchev–Trinajstić information content (AvgIpc) is 2.79. The molecule has 0 aromatic heterocycles. The minimum Gasteiger partial charge on any atom is -0.479 e. The number of aliphatic hydroxyl groups is 5. The van der Waals surface area contributed by atoms with E-state index in [9.17, 15) is 45.0 Å². The lowest BCUT2D eigenvalue weighted by Gasteiger charge is -2.55. The third-order valence-electron chi connectivity index (χ3n) is 9.06. The Balaban J connectivity index is 2.46. The fourth-order valence-electron chi connectivity index (χ4n) is 7.36. The number of quaternary nitrogens is 2. The Hall–Kier alpha value is -1.95. The van der Waals surface area contributed by atoms with Gasteiger partial charge in [-0.3, -0.25) is 0 Å². The van der Waals surface area contributed by atoms with Crippen LogP contribution in [0.1, 0.15) is 122 Å². The highest BCUT2D eigenvalue weighted by atomic mass is 17.0. The first-order valence-electron chi connectivity index (χ1n) is 16.1. The minimum absolute atomic E-state index is 0.121. The number of carbonyl (C=O) groups is 3. The van der Waals surface area contributed by atoms with Crippen LogP contribution in [0.25, 0.3) is 0 Å². The Bertz CT molecular complexity index is 1050. The lowest BCUT2D eigenvalue weighted by Crippen LogP contribution is -2.76. The van der Waals surface area contributed by atoms with Gasteiger partial charge in [-0.1, -0.05) is 0 Å². The summed E-state index contributed by atoms with van der Waals surface area (Å²) in [4.78, 5) is 62.0. The van der Waals surface area contributed by atoms with Crippen molar-refractivity contribution in [2.45, 2.75) is 173 Å². The molecular formula is C32H60N2O13+2. The van der Waals surface area contributed by atoms with Gasteiger partial charge in [0.05, 0.1) is 36.3 Å². The van der Waals surface area contributed by atoms with E-state index in [0.717, 1.165) is 0 Å². The molecule has 0 aromatic carbocycles. The molecule has 0 saturated carbocycles. The Morgan fingerprint density at radius 3 is 1.09 bits per heavy atom. The molecule has 2 aliphatic rings. The Labute approximate surface area is 278 Å². The zero-order chi connectivity index (χ0) is 36.9. The normalized spacial score (nSPS) is 31.3. The molecule has 0 aromatic rings. The van der Waals surface area contributed by atoms with Gasteiger partial charge in [0.1, 0.15) is 13.2 Å². The highest BCUT2D eigenvalue weighted by Gasteiger charge is 2.68. The van der Waals surface area contributed by atoms with E-state index in [1.54, 1.807) is 55.4 Å². The zero-order valence-electron chi connectivity index (χ0n) is 30.2. The molecule has 0 spiro atoms. The first-order valence-corrected chi connectivity index (χ1v) is 16.1. The van der Waals surface area contributed by atoms with E-state index in [-0.39, 0.29) is 38.9 Å². The summed E-state index contributed by atoms with van der Waals surface area (Å²) < 4.78 is 0. The van der Waals surface area contributed by atoms with E-state index in [1.165, 1.54) is 27.7 Å². The van der Waals surface area contributed by atoms with Crippen molar-refractivity contribution in [3.05, 3.63) is 0 Å². The van der Waals surface area contributed by atoms with E-state index in [2.05, 4.69) is 0 Å². The van der Waals surface area contributed by atoms with Crippen molar-refractivity contribution < 1.29 is 74.0 Å². The Morgan fingerprint density at radius 2 is 0.872 bits per heavy atom. The highest BCUT2D eigenvalue weighted by molar-refractivity contribution is 5.88. The van der Waals surface area contributed by atoms with Crippen molar-refractivity contribution in [1.82, 2.24) is 0 Å². The number of rotatable bonds is 13. The quantitative estimate of drug-likeness (QED) is 0.154. The van der Waals surface area contributed by atoms with Gasteiger partial charge in [0, 0.05) is 35.3 Å². The number of nitrogens with zero attached hydrogens (tertiary/aromatic N) is 2.